The summed E-state index contributed by atoms with van der Waals surface area (Å²) in [7, 11) is -3.85. The van der Waals surface area contributed by atoms with E-state index in [4.69, 9.17) is 5.11 Å². The first-order valence-electron chi connectivity index (χ1n) is 9.19. The first-order chi connectivity index (χ1) is 12.9. The van der Waals surface area contributed by atoms with Gasteiger partial charge in [0.05, 0.1) is 10.5 Å². The Morgan fingerprint density at radius 1 is 0.964 bits per heavy atom. The Morgan fingerprint density at radius 2 is 1.57 bits per heavy atom. The molecule has 0 radical (unpaired) electrons. The van der Waals surface area contributed by atoms with Crippen molar-refractivity contribution in [2.24, 2.45) is 0 Å². The highest BCUT2D eigenvalue weighted by Crippen LogP contribution is 2.46. The Kier molecular flexibility index (Phi) is 4.89. The molecule has 0 saturated carbocycles. The van der Waals surface area contributed by atoms with E-state index in [1.807, 2.05) is 12.1 Å². The summed E-state index contributed by atoms with van der Waals surface area (Å²) in [5, 5.41) is 11.4. The molecule has 5 heteroatoms. The number of hydrogen-bond acceptors (Lipinski definition) is 3. The van der Waals surface area contributed by atoms with E-state index in [2.05, 4.69) is 44.9 Å². The van der Waals surface area contributed by atoms with E-state index in [1.165, 1.54) is 29.8 Å². The van der Waals surface area contributed by atoms with Gasteiger partial charge in [-0.1, -0.05) is 39.8 Å². The Bertz CT molecular complexity index is 1100. The third-order valence-electron chi connectivity index (χ3n) is 5.58. The van der Waals surface area contributed by atoms with Gasteiger partial charge < -0.3 is 5.11 Å². The maximum absolute atomic E-state index is 12.6. The van der Waals surface area contributed by atoms with Gasteiger partial charge in [-0.15, -0.1) is 0 Å². The van der Waals surface area contributed by atoms with E-state index in [0.717, 1.165) is 24.0 Å². The van der Waals surface area contributed by atoms with Crippen molar-refractivity contribution in [2.45, 2.75) is 56.3 Å². The lowest BCUT2D eigenvalue weighted by Gasteiger charge is -2.42. The average Bonchev–Trinajstić information content (AvgIpc) is 2.64. The van der Waals surface area contributed by atoms with E-state index >= 15 is 0 Å². The summed E-state index contributed by atoms with van der Waals surface area (Å²) < 4.78 is 25.2. The van der Waals surface area contributed by atoms with Gasteiger partial charge in [0.2, 0.25) is 9.84 Å². The third-order valence-corrected chi connectivity index (χ3v) is 6.84. The van der Waals surface area contributed by atoms with Crippen molar-refractivity contribution in [3.8, 4) is 11.2 Å². The van der Waals surface area contributed by atoms with Gasteiger partial charge in [0.1, 0.15) is 0 Å². The number of benzene rings is 2. The maximum Gasteiger partial charge on any atom is 0.335 e. The van der Waals surface area contributed by atoms with Crippen LogP contribution in [0.3, 0.4) is 0 Å². The fraction of sp³-hybridized carbons (Fsp3) is 0.348. The second kappa shape index (κ2) is 6.79. The molecule has 4 nitrogen and oxygen atoms in total. The van der Waals surface area contributed by atoms with Gasteiger partial charge in [0.15, 0.2) is 0 Å². The summed E-state index contributed by atoms with van der Waals surface area (Å²) in [6, 6.07) is 11.0. The lowest BCUT2D eigenvalue weighted by atomic mass is 9.62. The first-order valence-corrected chi connectivity index (χ1v) is 10.7. The minimum absolute atomic E-state index is 0.00520. The van der Waals surface area contributed by atoms with Crippen LogP contribution in [0.5, 0.6) is 0 Å². The molecule has 1 aliphatic rings. The zero-order chi connectivity index (χ0) is 20.7. The van der Waals surface area contributed by atoms with Gasteiger partial charge in [0.25, 0.3) is 0 Å². The van der Waals surface area contributed by atoms with Crippen LogP contribution in [0.2, 0.25) is 0 Å². The number of carboxylic acid groups (broad SMARTS) is 1. The first kappa shape index (κ1) is 20.2. The lowest BCUT2D eigenvalue weighted by molar-refractivity contribution is 0.0696. The molecule has 0 amide bonds. The van der Waals surface area contributed by atoms with Crippen LogP contribution >= 0.6 is 0 Å². The third kappa shape index (κ3) is 3.70. The normalized spacial score (nSPS) is 17.1. The summed E-state index contributed by atoms with van der Waals surface area (Å²) >= 11 is 0. The monoisotopic (exact) mass is 396 g/mol. The molecule has 3 rings (SSSR count). The van der Waals surface area contributed by atoms with Gasteiger partial charge in [-0.05, 0) is 71.1 Å². The number of sulfone groups is 1. The molecule has 2 aromatic rings. The molecule has 0 atom stereocenters. The summed E-state index contributed by atoms with van der Waals surface area (Å²) in [4.78, 5) is 10.9. The predicted molar refractivity (Wildman–Crippen MR) is 109 cm³/mol. The Labute approximate surface area is 166 Å². The van der Waals surface area contributed by atoms with Crippen molar-refractivity contribution in [1.29, 1.82) is 0 Å². The van der Waals surface area contributed by atoms with Crippen LogP contribution in [-0.2, 0) is 20.7 Å². The number of carboxylic acids is 1. The Balaban J connectivity index is 2.07. The quantitative estimate of drug-likeness (QED) is 0.758. The van der Waals surface area contributed by atoms with E-state index in [1.54, 1.807) is 0 Å². The van der Waals surface area contributed by atoms with Gasteiger partial charge in [0, 0.05) is 10.8 Å². The highest BCUT2D eigenvalue weighted by molar-refractivity contribution is 7.96. The molecule has 0 aromatic heterocycles. The molecule has 0 aliphatic heterocycles. The molecule has 2 aromatic carbocycles. The van der Waals surface area contributed by atoms with Crippen molar-refractivity contribution < 1.29 is 18.3 Å². The molecular weight excluding hydrogens is 372 g/mol. The van der Waals surface area contributed by atoms with Crippen LogP contribution in [0.25, 0.3) is 0 Å². The molecule has 0 bridgehead atoms. The molecule has 0 spiro atoms. The van der Waals surface area contributed by atoms with Crippen LogP contribution in [-0.4, -0.2) is 19.5 Å². The minimum atomic E-state index is -3.85. The fourth-order valence-corrected chi connectivity index (χ4v) is 4.65. The van der Waals surface area contributed by atoms with Crippen LogP contribution in [0.4, 0.5) is 0 Å². The highest BCUT2D eigenvalue weighted by Gasteiger charge is 2.38. The molecular formula is C23H24O4S. The van der Waals surface area contributed by atoms with E-state index < -0.39 is 15.8 Å². The Hall–Kier alpha value is -2.58. The average molecular weight is 397 g/mol. The van der Waals surface area contributed by atoms with Crippen molar-refractivity contribution in [3.63, 3.8) is 0 Å². The van der Waals surface area contributed by atoms with Crippen LogP contribution in [0, 0.1) is 11.2 Å². The summed E-state index contributed by atoms with van der Waals surface area (Å²) in [6.07, 6.45) is 2.08. The van der Waals surface area contributed by atoms with Crippen molar-refractivity contribution in [1.82, 2.24) is 0 Å². The number of carbonyl (C=O) groups is 1. The highest BCUT2D eigenvalue weighted by atomic mass is 32.2. The second-order valence-corrected chi connectivity index (χ2v) is 10.2. The SMILES string of the molecule is CC1(C)CCC(C)(C)c2c(C#CS(=O)(=O)c3ccc(C(=O)O)cc3)cccc21. The number of aromatic carboxylic acids is 1. The summed E-state index contributed by atoms with van der Waals surface area (Å²) in [5.74, 6) is 1.79. The van der Waals surface area contributed by atoms with Crippen LogP contribution in [0.15, 0.2) is 47.4 Å². The number of hydrogen-bond donors (Lipinski definition) is 1. The largest absolute Gasteiger partial charge is 0.478 e. The molecule has 146 valence electrons. The predicted octanol–water partition coefficient (Wildman–Crippen LogP) is 4.52. The van der Waals surface area contributed by atoms with Crippen LogP contribution in [0.1, 0.15) is 67.6 Å². The van der Waals surface area contributed by atoms with Gasteiger partial charge in [-0.2, -0.15) is 0 Å². The molecule has 0 heterocycles. The van der Waals surface area contributed by atoms with Crippen molar-refractivity contribution in [3.05, 3.63) is 64.7 Å². The summed E-state index contributed by atoms with van der Waals surface area (Å²) in [5.41, 5.74) is 3.06. The summed E-state index contributed by atoms with van der Waals surface area (Å²) in [6.45, 7) is 8.76. The Morgan fingerprint density at radius 3 is 2.18 bits per heavy atom. The zero-order valence-corrected chi connectivity index (χ0v) is 17.4. The van der Waals surface area contributed by atoms with Gasteiger partial charge >= 0.3 is 5.97 Å². The molecule has 1 N–H and O–H groups in total. The smallest absolute Gasteiger partial charge is 0.335 e. The molecule has 28 heavy (non-hydrogen) atoms. The topological polar surface area (TPSA) is 71.4 Å². The second-order valence-electron chi connectivity index (χ2n) is 8.56. The van der Waals surface area contributed by atoms with Gasteiger partial charge in [-0.25, -0.2) is 13.2 Å². The maximum atomic E-state index is 12.6. The van der Waals surface area contributed by atoms with Crippen LogP contribution < -0.4 is 0 Å². The number of fused-ring (bicyclic) bond motifs is 1. The van der Waals surface area contributed by atoms with Gasteiger partial charge in [-0.3, -0.25) is 0 Å². The fourth-order valence-electron chi connectivity index (χ4n) is 3.79. The standard InChI is InChI=1S/C23H24O4S/c1-22(2)13-14-23(3,4)20-16(6-5-7-19(20)22)12-15-28(26,27)18-10-8-17(9-11-18)21(24)25/h5-11H,13-14H2,1-4H3,(H,24,25). The zero-order valence-electron chi connectivity index (χ0n) is 16.5. The van der Waals surface area contributed by atoms with E-state index in [-0.39, 0.29) is 21.3 Å². The minimum Gasteiger partial charge on any atom is -0.478 e. The molecule has 1 aliphatic carbocycles. The van der Waals surface area contributed by atoms with Crippen molar-refractivity contribution in [2.75, 3.05) is 0 Å². The van der Waals surface area contributed by atoms with E-state index in [9.17, 15) is 13.2 Å². The lowest BCUT2D eigenvalue weighted by Crippen LogP contribution is -2.34. The molecule has 0 saturated heterocycles. The molecule has 0 fully saturated rings. The number of rotatable bonds is 2. The van der Waals surface area contributed by atoms with E-state index in [0.29, 0.717) is 0 Å². The molecule has 0 unspecified atom stereocenters. The van der Waals surface area contributed by atoms with Crippen molar-refractivity contribution >= 4 is 15.8 Å².